The van der Waals surface area contributed by atoms with Crippen molar-refractivity contribution in [2.75, 3.05) is 19.6 Å². The summed E-state index contributed by atoms with van der Waals surface area (Å²) < 4.78 is 0. The molecule has 1 aliphatic carbocycles. The maximum absolute atomic E-state index is 11.9. The Bertz CT molecular complexity index is 279. The molecule has 0 aromatic carbocycles. The fraction of sp³-hybridized carbons (Fsp3) is 0.929. The van der Waals surface area contributed by atoms with Gasteiger partial charge in [0.1, 0.15) is 0 Å². The molecule has 2 aliphatic rings. The molecule has 104 valence electrons. The highest BCUT2D eigenvalue weighted by molar-refractivity contribution is 5.78. The molecule has 2 unspecified atom stereocenters. The molecule has 0 bridgehead atoms. The van der Waals surface area contributed by atoms with E-state index in [9.17, 15) is 9.90 Å². The van der Waals surface area contributed by atoms with Gasteiger partial charge in [-0.2, -0.15) is 0 Å². The third kappa shape index (κ3) is 3.95. The quantitative estimate of drug-likeness (QED) is 0.747. The van der Waals surface area contributed by atoms with Crippen LogP contribution >= 0.6 is 0 Å². The third-order valence-electron chi connectivity index (χ3n) is 4.16. The Balaban J connectivity index is 1.78. The number of rotatable bonds is 6. The highest BCUT2D eigenvalue weighted by Crippen LogP contribution is 2.27. The lowest BCUT2D eigenvalue weighted by molar-refractivity contribution is -0.124. The Hall–Kier alpha value is -0.610. The smallest absolute Gasteiger partial charge is 0.234 e. The first-order valence-electron chi connectivity index (χ1n) is 7.39. The first-order chi connectivity index (χ1) is 8.70. The lowest BCUT2D eigenvalue weighted by atomic mass is 9.96. The van der Waals surface area contributed by atoms with Crippen molar-refractivity contribution in [1.82, 2.24) is 10.2 Å². The molecule has 2 fully saturated rings. The van der Waals surface area contributed by atoms with Crippen LogP contribution < -0.4 is 5.32 Å². The van der Waals surface area contributed by atoms with Gasteiger partial charge in [-0.1, -0.05) is 13.3 Å². The molecule has 2 atom stereocenters. The molecule has 1 saturated carbocycles. The SMILES string of the molecule is CCC(O)C1CCCCN1CC(=O)NCC1CC1. The second-order valence-electron chi connectivity index (χ2n) is 5.76. The molecule has 0 spiro atoms. The van der Waals surface area contributed by atoms with Gasteiger partial charge in [-0.3, -0.25) is 9.69 Å². The molecule has 1 heterocycles. The van der Waals surface area contributed by atoms with Crippen LogP contribution in [0.4, 0.5) is 0 Å². The molecule has 0 radical (unpaired) electrons. The lowest BCUT2D eigenvalue weighted by Gasteiger charge is -2.37. The minimum atomic E-state index is -0.290. The number of carbonyl (C=O) groups excluding carboxylic acids is 1. The van der Waals surface area contributed by atoms with Crippen molar-refractivity contribution in [2.45, 2.75) is 57.6 Å². The molecular formula is C14H26N2O2. The third-order valence-corrected chi connectivity index (χ3v) is 4.16. The predicted molar refractivity (Wildman–Crippen MR) is 71.2 cm³/mol. The number of aliphatic hydroxyl groups excluding tert-OH is 1. The molecule has 1 amide bonds. The van der Waals surface area contributed by atoms with E-state index >= 15 is 0 Å². The van der Waals surface area contributed by atoms with Gasteiger partial charge in [-0.05, 0) is 44.6 Å². The average Bonchev–Trinajstić information content (AvgIpc) is 3.20. The molecule has 0 aromatic rings. The zero-order valence-electron chi connectivity index (χ0n) is 11.4. The summed E-state index contributed by atoms with van der Waals surface area (Å²) in [5, 5.41) is 13.0. The number of hydrogen-bond donors (Lipinski definition) is 2. The van der Waals surface area contributed by atoms with Crippen molar-refractivity contribution in [1.29, 1.82) is 0 Å². The summed E-state index contributed by atoms with van der Waals surface area (Å²) in [6.45, 7) is 4.24. The van der Waals surface area contributed by atoms with E-state index in [-0.39, 0.29) is 18.1 Å². The zero-order valence-corrected chi connectivity index (χ0v) is 11.4. The second kappa shape index (κ2) is 6.53. The van der Waals surface area contributed by atoms with Crippen LogP contribution in [0, 0.1) is 5.92 Å². The number of hydrogen-bond acceptors (Lipinski definition) is 3. The maximum Gasteiger partial charge on any atom is 0.234 e. The number of aliphatic hydroxyl groups is 1. The standard InChI is InChI=1S/C14H26N2O2/c1-2-13(17)12-5-3-4-8-16(12)10-14(18)15-9-11-6-7-11/h11-13,17H,2-10H2,1H3,(H,15,18). The average molecular weight is 254 g/mol. The molecule has 1 saturated heterocycles. The van der Waals surface area contributed by atoms with Gasteiger partial charge in [0, 0.05) is 12.6 Å². The molecule has 4 nitrogen and oxygen atoms in total. The minimum absolute atomic E-state index is 0.122. The van der Waals surface area contributed by atoms with E-state index in [1.54, 1.807) is 0 Å². The number of amides is 1. The molecule has 4 heteroatoms. The molecule has 2 N–H and O–H groups in total. The van der Waals surface area contributed by atoms with E-state index in [0.29, 0.717) is 6.54 Å². The number of nitrogens with one attached hydrogen (secondary N) is 1. The van der Waals surface area contributed by atoms with Crippen molar-refractivity contribution >= 4 is 5.91 Å². The van der Waals surface area contributed by atoms with Gasteiger partial charge in [0.15, 0.2) is 0 Å². The van der Waals surface area contributed by atoms with E-state index in [1.807, 2.05) is 6.92 Å². The van der Waals surface area contributed by atoms with Crippen LogP contribution in [0.1, 0.15) is 45.4 Å². The van der Waals surface area contributed by atoms with Crippen LogP contribution in [0.25, 0.3) is 0 Å². The first kappa shape index (κ1) is 13.8. The topological polar surface area (TPSA) is 52.6 Å². The minimum Gasteiger partial charge on any atom is -0.392 e. The number of carbonyl (C=O) groups is 1. The summed E-state index contributed by atoms with van der Waals surface area (Å²) in [7, 11) is 0. The van der Waals surface area contributed by atoms with Crippen molar-refractivity contribution < 1.29 is 9.90 Å². The highest BCUT2D eigenvalue weighted by atomic mass is 16.3. The summed E-state index contributed by atoms with van der Waals surface area (Å²) in [6, 6.07) is 0.176. The summed E-state index contributed by atoms with van der Waals surface area (Å²) in [5.74, 6) is 0.851. The van der Waals surface area contributed by atoms with Gasteiger partial charge < -0.3 is 10.4 Å². The monoisotopic (exact) mass is 254 g/mol. The Morgan fingerprint density at radius 3 is 2.83 bits per heavy atom. The van der Waals surface area contributed by atoms with E-state index in [4.69, 9.17) is 0 Å². The fourth-order valence-electron chi connectivity index (χ4n) is 2.74. The Morgan fingerprint density at radius 1 is 1.39 bits per heavy atom. The molecule has 2 rings (SSSR count). The van der Waals surface area contributed by atoms with E-state index in [2.05, 4.69) is 10.2 Å². The Kier molecular flexibility index (Phi) is 5.01. The van der Waals surface area contributed by atoms with Crippen molar-refractivity contribution in [3.8, 4) is 0 Å². The van der Waals surface area contributed by atoms with E-state index in [1.165, 1.54) is 19.3 Å². The lowest BCUT2D eigenvalue weighted by Crippen LogP contribution is -2.50. The van der Waals surface area contributed by atoms with Gasteiger partial charge in [0.05, 0.1) is 12.6 Å². The van der Waals surface area contributed by atoms with Crippen molar-refractivity contribution in [3.63, 3.8) is 0 Å². The van der Waals surface area contributed by atoms with Crippen LogP contribution in [0.3, 0.4) is 0 Å². The summed E-state index contributed by atoms with van der Waals surface area (Å²) in [4.78, 5) is 14.0. The van der Waals surface area contributed by atoms with Gasteiger partial charge in [-0.25, -0.2) is 0 Å². The number of piperidine rings is 1. The number of nitrogens with zero attached hydrogens (tertiary/aromatic N) is 1. The van der Waals surface area contributed by atoms with E-state index in [0.717, 1.165) is 38.3 Å². The molecular weight excluding hydrogens is 228 g/mol. The fourth-order valence-corrected chi connectivity index (χ4v) is 2.74. The van der Waals surface area contributed by atoms with Crippen molar-refractivity contribution in [2.24, 2.45) is 5.92 Å². The molecule has 18 heavy (non-hydrogen) atoms. The van der Waals surface area contributed by atoms with Crippen LogP contribution in [0.15, 0.2) is 0 Å². The van der Waals surface area contributed by atoms with Gasteiger partial charge in [-0.15, -0.1) is 0 Å². The van der Waals surface area contributed by atoms with Gasteiger partial charge >= 0.3 is 0 Å². The van der Waals surface area contributed by atoms with E-state index < -0.39 is 0 Å². The molecule has 0 aromatic heterocycles. The maximum atomic E-state index is 11.9. The summed E-state index contributed by atoms with van der Waals surface area (Å²) >= 11 is 0. The number of likely N-dealkylation sites (tertiary alicyclic amines) is 1. The van der Waals surface area contributed by atoms with Crippen molar-refractivity contribution in [3.05, 3.63) is 0 Å². The van der Waals surface area contributed by atoms with Crippen LogP contribution in [0.5, 0.6) is 0 Å². The van der Waals surface area contributed by atoms with Crippen LogP contribution in [0.2, 0.25) is 0 Å². The predicted octanol–water partition coefficient (Wildman–Crippen LogP) is 1.14. The van der Waals surface area contributed by atoms with Gasteiger partial charge in [0.2, 0.25) is 5.91 Å². The Labute approximate surface area is 110 Å². The summed E-state index contributed by atoms with van der Waals surface area (Å²) in [6.07, 6.45) is 6.34. The Morgan fingerprint density at radius 2 is 2.17 bits per heavy atom. The van der Waals surface area contributed by atoms with Crippen LogP contribution in [-0.2, 0) is 4.79 Å². The molecule has 1 aliphatic heterocycles. The largest absolute Gasteiger partial charge is 0.392 e. The normalized spacial score (nSPS) is 26.9. The highest BCUT2D eigenvalue weighted by Gasteiger charge is 2.29. The first-order valence-corrected chi connectivity index (χ1v) is 7.39. The summed E-state index contributed by atoms with van der Waals surface area (Å²) in [5.41, 5.74) is 0. The van der Waals surface area contributed by atoms with Crippen LogP contribution in [-0.4, -0.2) is 47.7 Å². The van der Waals surface area contributed by atoms with Gasteiger partial charge in [0.25, 0.3) is 0 Å². The second-order valence-corrected chi connectivity index (χ2v) is 5.76. The zero-order chi connectivity index (χ0) is 13.0.